The summed E-state index contributed by atoms with van der Waals surface area (Å²) in [6.45, 7) is 0.0739. The van der Waals surface area contributed by atoms with Crippen molar-refractivity contribution in [1.29, 1.82) is 0 Å². The lowest BCUT2D eigenvalue weighted by atomic mass is 9.94. The summed E-state index contributed by atoms with van der Waals surface area (Å²) in [5.74, 6) is -1.33. The molecule has 2 unspecified atom stereocenters. The van der Waals surface area contributed by atoms with Gasteiger partial charge in [0.05, 0.1) is 39.1 Å². The van der Waals surface area contributed by atoms with Crippen molar-refractivity contribution in [3.63, 3.8) is 0 Å². The number of hydrogen-bond acceptors (Lipinski definition) is 18. The number of rotatable bonds is 23. The Kier molecular flexibility index (Phi) is 17.7. The quantitative estimate of drug-likeness (QED) is 0.0156. The first-order chi connectivity index (χ1) is 33.2. The molecule has 6 aromatic rings. The van der Waals surface area contributed by atoms with Gasteiger partial charge in [-0.15, -0.1) is 0 Å². The molecule has 0 aliphatic carbocycles. The van der Waals surface area contributed by atoms with Crippen LogP contribution >= 0.6 is 0 Å². The maximum absolute atomic E-state index is 11.0. The van der Waals surface area contributed by atoms with Gasteiger partial charge in [-0.2, -0.15) is 0 Å². The van der Waals surface area contributed by atoms with E-state index in [4.69, 9.17) is 38.8 Å². The summed E-state index contributed by atoms with van der Waals surface area (Å²) in [5.41, 5.74) is 3.13. The molecule has 350 valence electrons. The molecule has 0 fully saturated rings. The van der Waals surface area contributed by atoms with E-state index >= 15 is 0 Å². The van der Waals surface area contributed by atoms with Gasteiger partial charge in [0, 0.05) is 45.8 Å². The largest absolute Gasteiger partial charge is 0.504 e. The van der Waals surface area contributed by atoms with E-state index in [0.717, 1.165) is 11.1 Å². The molecule has 0 spiro atoms. The predicted molar refractivity (Wildman–Crippen MR) is 257 cm³/mol. The molecular weight excluding hydrogens is 877 g/mol. The van der Waals surface area contributed by atoms with Gasteiger partial charge in [-0.25, -0.2) is 0 Å². The van der Waals surface area contributed by atoms with Crippen molar-refractivity contribution in [3.8, 4) is 46.0 Å². The molecule has 0 aliphatic heterocycles. The monoisotopic (exact) mass is 924 g/mol. The molecule has 18 nitrogen and oxygen atoms in total. The Bertz CT molecular complexity index is 2580. The molecule has 0 aliphatic rings. The van der Waals surface area contributed by atoms with Crippen LogP contribution in [0, 0.1) is 0 Å². The van der Waals surface area contributed by atoms with Crippen LogP contribution in [0.4, 0.5) is 0 Å². The fraction of sp³-hybridized carbons (Fsp3) is 0.160. The predicted octanol–water partition coefficient (Wildman–Crippen LogP) is 7.76. The Hall–Kier alpha value is -9.06. The molecule has 0 amide bonds. The number of ether oxygens (including phenoxy) is 2. The minimum Gasteiger partial charge on any atom is -0.504 e. The number of benzene rings is 6. The summed E-state index contributed by atoms with van der Waals surface area (Å²) in [7, 11) is 2.89. The fourth-order valence-corrected chi connectivity index (χ4v) is 6.31. The van der Waals surface area contributed by atoms with Crippen molar-refractivity contribution in [2.24, 2.45) is 30.6 Å². The van der Waals surface area contributed by atoms with Crippen molar-refractivity contribution >= 4 is 37.3 Å². The van der Waals surface area contributed by atoms with Crippen LogP contribution in [0.5, 0.6) is 46.0 Å². The van der Waals surface area contributed by atoms with Gasteiger partial charge >= 0.3 is 0 Å². The number of phenolic OH excluding ortho intramolecular Hbond substituents is 6. The maximum atomic E-state index is 11.0. The Morgan fingerprint density at radius 1 is 0.353 bits per heavy atom. The molecule has 0 saturated carbocycles. The Morgan fingerprint density at radius 2 is 0.647 bits per heavy atom. The fourth-order valence-electron chi connectivity index (χ4n) is 6.31. The van der Waals surface area contributed by atoms with E-state index in [1.54, 1.807) is 48.5 Å². The number of oxime groups is 4. The van der Waals surface area contributed by atoms with E-state index in [0.29, 0.717) is 22.6 Å². The van der Waals surface area contributed by atoms with Crippen LogP contribution in [-0.4, -0.2) is 109 Å². The van der Waals surface area contributed by atoms with E-state index in [1.165, 1.54) is 63.6 Å². The standard InChI is InChI=1S/C50H48N6O12/c1-63-41-17-9-15-35(45(41)57)29-53-65-23-25-67-55-31-39-21-19-37(47(59)49(39)61)27-51-43(33-11-5-3-6-12-33)44(34-13-7-4-8-14-34)52-28-38-20-22-40(50(62)48(38)60)32-56-68-26-24-66-54-30-36-16-10-18-42(64-2)46(36)58/h3-22,27-32,43-44,57-62H,23-26H2,1-2H3/b51-27?,52-28?,53-29+,54-30+,55-31+,56-32+. The molecule has 68 heavy (non-hydrogen) atoms. The Labute approximate surface area is 390 Å². The molecule has 6 aromatic carbocycles. The molecule has 0 bridgehead atoms. The maximum Gasteiger partial charge on any atom is 0.167 e. The van der Waals surface area contributed by atoms with Gasteiger partial charge in [-0.3, -0.25) is 9.98 Å². The van der Waals surface area contributed by atoms with Crippen LogP contribution < -0.4 is 9.47 Å². The lowest BCUT2D eigenvalue weighted by Crippen LogP contribution is -2.09. The molecule has 0 radical (unpaired) electrons. The zero-order chi connectivity index (χ0) is 48.1. The topological polar surface area (TPSA) is 251 Å². The first-order valence-electron chi connectivity index (χ1n) is 20.8. The van der Waals surface area contributed by atoms with Gasteiger partial charge in [-0.1, -0.05) is 93.4 Å². The van der Waals surface area contributed by atoms with E-state index < -0.39 is 35.1 Å². The van der Waals surface area contributed by atoms with Gasteiger partial charge in [0.1, 0.15) is 12.1 Å². The third-order valence-electron chi connectivity index (χ3n) is 9.85. The number of para-hydroxylation sites is 2. The molecule has 2 atom stereocenters. The molecule has 18 heteroatoms. The second-order valence-corrected chi connectivity index (χ2v) is 14.2. The van der Waals surface area contributed by atoms with E-state index in [-0.39, 0.29) is 60.2 Å². The SMILES string of the molecule is COc1cccc(/C=N/OCCO/N=C/c2ccc(C=NC(c3ccccc3)C(N=Cc3ccc(/C=N/OCCO/N=C/c4cccc(OC)c4O)c(O)c3O)c3ccccc3)c(O)c2O)c1O. The highest BCUT2D eigenvalue weighted by Crippen LogP contribution is 2.38. The average Bonchev–Trinajstić information content (AvgIpc) is 3.36. The third-order valence-corrected chi connectivity index (χ3v) is 9.85. The van der Waals surface area contributed by atoms with Crippen molar-refractivity contribution < 1.29 is 59.5 Å². The zero-order valence-electron chi connectivity index (χ0n) is 36.8. The number of methoxy groups -OCH3 is 2. The highest BCUT2D eigenvalue weighted by Gasteiger charge is 2.24. The van der Waals surface area contributed by atoms with E-state index in [2.05, 4.69) is 20.6 Å². The Morgan fingerprint density at radius 3 is 0.956 bits per heavy atom. The number of aromatic hydroxyl groups is 6. The molecular formula is C50H48N6O12. The number of phenols is 6. The summed E-state index contributed by atoms with van der Waals surface area (Å²) >= 11 is 0. The van der Waals surface area contributed by atoms with Crippen LogP contribution in [0.3, 0.4) is 0 Å². The average molecular weight is 925 g/mol. The second-order valence-electron chi connectivity index (χ2n) is 14.2. The first kappa shape index (κ1) is 48.4. The van der Waals surface area contributed by atoms with Gasteiger partial charge in [0.25, 0.3) is 0 Å². The van der Waals surface area contributed by atoms with Crippen LogP contribution in [0.2, 0.25) is 0 Å². The molecule has 0 heterocycles. The highest BCUT2D eigenvalue weighted by atomic mass is 16.7. The van der Waals surface area contributed by atoms with Crippen molar-refractivity contribution in [2.75, 3.05) is 40.6 Å². The molecule has 6 rings (SSSR count). The highest BCUT2D eigenvalue weighted by molar-refractivity contribution is 5.92. The summed E-state index contributed by atoms with van der Waals surface area (Å²) < 4.78 is 10.2. The van der Waals surface area contributed by atoms with Crippen LogP contribution in [0.1, 0.15) is 56.6 Å². The third kappa shape index (κ3) is 13.0. The number of nitrogens with zero attached hydrogens (tertiary/aromatic N) is 6. The van der Waals surface area contributed by atoms with Gasteiger partial charge < -0.3 is 59.5 Å². The minimum absolute atomic E-state index is 0.00836. The molecule has 6 N–H and O–H groups in total. The van der Waals surface area contributed by atoms with E-state index in [9.17, 15) is 30.6 Å². The molecule has 0 saturated heterocycles. The van der Waals surface area contributed by atoms with Crippen molar-refractivity contribution in [3.05, 3.63) is 166 Å². The lowest BCUT2D eigenvalue weighted by molar-refractivity contribution is 0.0553. The second kappa shape index (κ2) is 24.9. The van der Waals surface area contributed by atoms with Gasteiger partial charge in [-0.05, 0) is 59.7 Å². The number of aliphatic imine (C=N–C) groups is 2. The van der Waals surface area contributed by atoms with Crippen molar-refractivity contribution in [1.82, 2.24) is 0 Å². The summed E-state index contributed by atoms with van der Waals surface area (Å²) in [4.78, 5) is 30.5. The van der Waals surface area contributed by atoms with Crippen LogP contribution in [-0.2, 0) is 19.4 Å². The number of hydrogen-bond donors (Lipinski definition) is 6. The first-order valence-corrected chi connectivity index (χ1v) is 20.8. The van der Waals surface area contributed by atoms with Crippen LogP contribution in [0.15, 0.2) is 152 Å². The lowest BCUT2D eigenvalue weighted by Gasteiger charge is -2.22. The Balaban J connectivity index is 1.10. The zero-order valence-corrected chi connectivity index (χ0v) is 36.8. The van der Waals surface area contributed by atoms with E-state index in [1.807, 2.05) is 60.7 Å². The minimum atomic E-state index is -0.679. The summed E-state index contributed by atoms with van der Waals surface area (Å²) in [6.07, 6.45) is 8.00. The van der Waals surface area contributed by atoms with Crippen molar-refractivity contribution in [2.45, 2.75) is 12.1 Å². The summed E-state index contributed by atoms with van der Waals surface area (Å²) in [6, 6.07) is 33.5. The smallest absolute Gasteiger partial charge is 0.167 e. The van der Waals surface area contributed by atoms with Crippen LogP contribution in [0.25, 0.3) is 0 Å². The molecule has 0 aromatic heterocycles. The van der Waals surface area contributed by atoms with Gasteiger partial charge in [0.15, 0.2) is 72.4 Å². The summed E-state index contributed by atoms with van der Waals surface area (Å²) in [5, 5.41) is 79.4. The normalized spacial score (nSPS) is 12.7. The van der Waals surface area contributed by atoms with Gasteiger partial charge in [0.2, 0.25) is 0 Å².